The molecule has 1 saturated carbocycles. The molecule has 0 bridgehead atoms. The molecule has 6 heteroatoms. The normalized spacial score (nSPS) is 22.1. The molecule has 1 saturated heterocycles. The lowest BCUT2D eigenvalue weighted by molar-refractivity contribution is 0.269. The van der Waals surface area contributed by atoms with Crippen molar-refractivity contribution in [1.29, 1.82) is 0 Å². The van der Waals surface area contributed by atoms with Gasteiger partial charge in [-0.1, -0.05) is 19.4 Å². The molecule has 1 aromatic heterocycles. The van der Waals surface area contributed by atoms with Gasteiger partial charge in [-0.05, 0) is 43.7 Å². The Hall–Kier alpha value is -0.980. The Balaban J connectivity index is 1.56. The van der Waals surface area contributed by atoms with Crippen LogP contribution in [-0.4, -0.2) is 42.1 Å². The molecule has 0 amide bonds. The first kappa shape index (κ1) is 16.9. The molecule has 0 spiro atoms. The van der Waals surface area contributed by atoms with Crippen LogP contribution < -0.4 is 5.32 Å². The van der Waals surface area contributed by atoms with Crippen LogP contribution in [0.2, 0.25) is 0 Å². The molecular weight excluding hydrogens is 310 g/mol. The molecule has 1 aromatic rings. The highest BCUT2D eigenvalue weighted by Gasteiger charge is 2.41. The van der Waals surface area contributed by atoms with Gasteiger partial charge in [0, 0.05) is 37.6 Å². The van der Waals surface area contributed by atoms with E-state index in [0.29, 0.717) is 25.2 Å². The molecule has 1 aliphatic carbocycles. The number of rotatable bonds is 7. The van der Waals surface area contributed by atoms with Gasteiger partial charge >= 0.3 is 0 Å². The van der Waals surface area contributed by atoms with Crippen LogP contribution in [0.5, 0.6) is 0 Å². The number of hydrogen-bond acceptors (Lipinski definition) is 4. The van der Waals surface area contributed by atoms with Gasteiger partial charge in [0.25, 0.3) is 0 Å². The molecule has 0 radical (unpaired) electrons. The van der Waals surface area contributed by atoms with Crippen molar-refractivity contribution in [2.75, 3.05) is 13.1 Å². The summed E-state index contributed by atoms with van der Waals surface area (Å²) in [6, 6.07) is 4.79. The lowest BCUT2D eigenvalue weighted by atomic mass is 10.00. The SMILES string of the molecule is CCC[C@H](NC1CCN(S(=O)(=O)C2CC2)CC1)c1cccnc1. The summed E-state index contributed by atoms with van der Waals surface area (Å²) in [5.74, 6) is 0. The maximum absolute atomic E-state index is 12.3. The van der Waals surface area contributed by atoms with Crippen LogP contribution in [0, 0.1) is 0 Å². The van der Waals surface area contributed by atoms with Gasteiger partial charge in [0.15, 0.2) is 0 Å². The maximum atomic E-state index is 12.3. The van der Waals surface area contributed by atoms with Crippen molar-refractivity contribution in [3.05, 3.63) is 30.1 Å². The van der Waals surface area contributed by atoms with E-state index in [2.05, 4.69) is 23.3 Å². The van der Waals surface area contributed by atoms with Gasteiger partial charge in [-0.2, -0.15) is 0 Å². The van der Waals surface area contributed by atoms with E-state index in [0.717, 1.165) is 38.5 Å². The van der Waals surface area contributed by atoms with E-state index in [9.17, 15) is 8.42 Å². The fourth-order valence-corrected chi connectivity index (χ4v) is 5.23. The minimum Gasteiger partial charge on any atom is -0.307 e. The lowest BCUT2D eigenvalue weighted by Gasteiger charge is -2.34. The Labute approximate surface area is 139 Å². The number of hydrogen-bond donors (Lipinski definition) is 1. The van der Waals surface area contributed by atoms with Crippen LogP contribution in [0.15, 0.2) is 24.5 Å². The average molecular weight is 337 g/mol. The van der Waals surface area contributed by atoms with Gasteiger partial charge in [0.2, 0.25) is 10.0 Å². The molecule has 0 unspecified atom stereocenters. The number of nitrogens with one attached hydrogen (secondary N) is 1. The molecule has 5 nitrogen and oxygen atoms in total. The fraction of sp³-hybridized carbons (Fsp3) is 0.706. The molecule has 1 aliphatic heterocycles. The number of sulfonamides is 1. The predicted octanol–water partition coefficient (Wildman–Crippen LogP) is 2.47. The van der Waals surface area contributed by atoms with Crippen LogP contribution >= 0.6 is 0 Å². The third kappa shape index (κ3) is 4.11. The van der Waals surface area contributed by atoms with Gasteiger partial charge in [0.05, 0.1) is 5.25 Å². The first-order valence-corrected chi connectivity index (χ1v) is 10.3. The van der Waals surface area contributed by atoms with Crippen molar-refractivity contribution >= 4 is 10.0 Å². The van der Waals surface area contributed by atoms with Gasteiger partial charge in [-0.15, -0.1) is 0 Å². The molecule has 0 aromatic carbocycles. The highest BCUT2D eigenvalue weighted by molar-refractivity contribution is 7.90. The van der Waals surface area contributed by atoms with Crippen LogP contribution in [-0.2, 0) is 10.0 Å². The number of pyridine rings is 1. The Morgan fingerprint density at radius 3 is 2.61 bits per heavy atom. The summed E-state index contributed by atoms with van der Waals surface area (Å²) >= 11 is 0. The van der Waals surface area contributed by atoms with Crippen molar-refractivity contribution in [3.63, 3.8) is 0 Å². The first-order chi connectivity index (χ1) is 11.1. The van der Waals surface area contributed by atoms with E-state index in [-0.39, 0.29) is 5.25 Å². The third-order valence-electron chi connectivity index (χ3n) is 4.86. The second-order valence-electron chi connectivity index (χ2n) is 6.71. The summed E-state index contributed by atoms with van der Waals surface area (Å²) in [7, 11) is -3.01. The highest BCUT2D eigenvalue weighted by atomic mass is 32.2. The molecule has 2 fully saturated rings. The van der Waals surface area contributed by atoms with Gasteiger partial charge in [-0.25, -0.2) is 12.7 Å². The van der Waals surface area contributed by atoms with Crippen LogP contribution in [0.3, 0.4) is 0 Å². The van der Waals surface area contributed by atoms with E-state index in [4.69, 9.17) is 0 Å². The lowest BCUT2D eigenvalue weighted by Crippen LogP contribution is -2.46. The van der Waals surface area contributed by atoms with Crippen molar-refractivity contribution in [1.82, 2.24) is 14.6 Å². The topological polar surface area (TPSA) is 62.3 Å². The van der Waals surface area contributed by atoms with Crippen LogP contribution in [0.1, 0.15) is 57.1 Å². The Bertz CT molecular complexity index is 594. The second-order valence-corrected chi connectivity index (χ2v) is 8.92. The maximum Gasteiger partial charge on any atom is 0.216 e. The standard InChI is InChI=1S/C17H27N3O2S/c1-2-4-17(14-5-3-10-18-13-14)19-15-8-11-20(12-9-15)23(21,22)16-6-7-16/h3,5,10,13,15-17,19H,2,4,6-9,11-12H2,1H3/t17-/m0/s1. The summed E-state index contributed by atoms with van der Waals surface area (Å²) in [6.45, 7) is 3.50. The Kier molecular flexibility index (Phi) is 5.34. The molecule has 23 heavy (non-hydrogen) atoms. The van der Waals surface area contributed by atoms with Gasteiger partial charge in [0.1, 0.15) is 0 Å². The van der Waals surface area contributed by atoms with Gasteiger partial charge < -0.3 is 5.32 Å². The molecule has 2 aliphatic rings. The second kappa shape index (κ2) is 7.28. The summed E-state index contributed by atoms with van der Waals surface area (Å²) < 4.78 is 26.3. The number of nitrogens with zero attached hydrogens (tertiary/aromatic N) is 2. The fourth-order valence-electron chi connectivity index (χ4n) is 3.36. The van der Waals surface area contributed by atoms with E-state index in [1.807, 2.05) is 12.3 Å². The molecular formula is C17H27N3O2S. The zero-order valence-corrected chi connectivity index (χ0v) is 14.6. The molecule has 3 rings (SSSR count). The smallest absolute Gasteiger partial charge is 0.216 e. The van der Waals surface area contributed by atoms with E-state index >= 15 is 0 Å². The van der Waals surface area contributed by atoms with E-state index < -0.39 is 10.0 Å². The van der Waals surface area contributed by atoms with Gasteiger partial charge in [-0.3, -0.25) is 4.98 Å². The van der Waals surface area contributed by atoms with Crippen LogP contribution in [0.25, 0.3) is 0 Å². The Morgan fingerprint density at radius 1 is 1.30 bits per heavy atom. The quantitative estimate of drug-likeness (QED) is 0.830. The average Bonchev–Trinajstić information content (AvgIpc) is 3.41. The minimum atomic E-state index is -3.01. The number of piperidine rings is 1. The Morgan fingerprint density at radius 2 is 2.04 bits per heavy atom. The van der Waals surface area contributed by atoms with Crippen molar-refractivity contribution in [2.45, 2.75) is 62.8 Å². The summed E-state index contributed by atoms with van der Waals surface area (Å²) in [5, 5.41) is 3.64. The third-order valence-corrected chi connectivity index (χ3v) is 7.26. The molecule has 1 N–H and O–H groups in total. The van der Waals surface area contributed by atoms with Crippen LogP contribution in [0.4, 0.5) is 0 Å². The zero-order valence-electron chi connectivity index (χ0n) is 13.8. The summed E-state index contributed by atoms with van der Waals surface area (Å²) in [4.78, 5) is 4.22. The van der Waals surface area contributed by atoms with Crippen molar-refractivity contribution < 1.29 is 8.42 Å². The minimum absolute atomic E-state index is 0.0877. The van der Waals surface area contributed by atoms with Crippen molar-refractivity contribution in [2.24, 2.45) is 0 Å². The monoisotopic (exact) mass is 337 g/mol. The van der Waals surface area contributed by atoms with E-state index in [1.165, 1.54) is 5.56 Å². The van der Waals surface area contributed by atoms with Crippen molar-refractivity contribution in [3.8, 4) is 0 Å². The first-order valence-electron chi connectivity index (χ1n) is 8.76. The summed E-state index contributed by atoms with van der Waals surface area (Å²) in [6.07, 6.45) is 9.40. The van der Waals surface area contributed by atoms with E-state index in [1.54, 1.807) is 10.5 Å². The largest absolute Gasteiger partial charge is 0.307 e. The number of aromatic nitrogens is 1. The molecule has 2 heterocycles. The highest BCUT2D eigenvalue weighted by Crippen LogP contribution is 2.32. The molecule has 128 valence electrons. The summed E-state index contributed by atoms with van der Waals surface area (Å²) in [5.41, 5.74) is 1.22. The predicted molar refractivity (Wildman–Crippen MR) is 91.6 cm³/mol. The molecule has 1 atom stereocenters. The zero-order chi connectivity index (χ0) is 16.3.